The van der Waals surface area contributed by atoms with Crippen molar-refractivity contribution in [3.8, 4) is 6.07 Å². The molecule has 0 aliphatic heterocycles. The van der Waals surface area contributed by atoms with E-state index in [-0.39, 0.29) is 5.41 Å². The zero-order valence-electron chi connectivity index (χ0n) is 12.3. The minimum atomic E-state index is 0.266. The first-order chi connectivity index (χ1) is 9.44. The van der Waals surface area contributed by atoms with Crippen molar-refractivity contribution in [2.75, 3.05) is 5.88 Å². The molecule has 3 nitrogen and oxygen atoms in total. The molecule has 0 atom stereocenters. The van der Waals surface area contributed by atoms with Gasteiger partial charge in [0.1, 0.15) is 5.82 Å². The highest BCUT2D eigenvalue weighted by atomic mass is 35.5. The topological polar surface area (TPSA) is 41.6 Å². The zero-order chi connectivity index (χ0) is 14.8. The molecule has 0 radical (unpaired) electrons. The van der Waals surface area contributed by atoms with Crippen LogP contribution in [0.5, 0.6) is 0 Å². The van der Waals surface area contributed by atoms with Crippen LogP contribution >= 0.6 is 11.6 Å². The lowest BCUT2D eigenvalue weighted by Crippen LogP contribution is -2.12. The molecular formula is C16H20ClN3. The third-order valence-corrected chi connectivity index (χ3v) is 3.55. The fourth-order valence-corrected chi connectivity index (χ4v) is 2.38. The molecule has 2 aromatic rings. The third kappa shape index (κ3) is 3.32. The SMILES string of the molecule is CC(C)(C)CCn1c(CCCl)nc2ccc(C#N)cc21. The van der Waals surface area contributed by atoms with Crippen molar-refractivity contribution in [2.45, 2.75) is 40.2 Å². The summed E-state index contributed by atoms with van der Waals surface area (Å²) in [5.74, 6) is 1.57. The summed E-state index contributed by atoms with van der Waals surface area (Å²) in [4.78, 5) is 4.65. The second-order valence-electron chi connectivity index (χ2n) is 6.24. The number of fused-ring (bicyclic) bond motifs is 1. The largest absolute Gasteiger partial charge is 0.328 e. The van der Waals surface area contributed by atoms with E-state index in [4.69, 9.17) is 16.9 Å². The highest BCUT2D eigenvalue weighted by Gasteiger charge is 2.15. The van der Waals surface area contributed by atoms with E-state index in [9.17, 15) is 0 Å². The summed E-state index contributed by atoms with van der Waals surface area (Å²) in [6.07, 6.45) is 1.81. The smallest absolute Gasteiger partial charge is 0.111 e. The molecule has 0 saturated carbocycles. The van der Waals surface area contributed by atoms with Gasteiger partial charge in [-0.25, -0.2) is 4.98 Å². The minimum absolute atomic E-state index is 0.266. The average Bonchev–Trinajstić information content (AvgIpc) is 2.72. The molecule has 0 fully saturated rings. The van der Waals surface area contributed by atoms with Crippen molar-refractivity contribution in [1.82, 2.24) is 9.55 Å². The van der Waals surface area contributed by atoms with Crippen LogP contribution in [0.4, 0.5) is 0 Å². The molecular weight excluding hydrogens is 270 g/mol. The van der Waals surface area contributed by atoms with Crippen LogP contribution in [0, 0.1) is 16.7 Å². The van der Waals surface area contributed by atoms with Gasteiger partial charge in [-0.1, -0.05) is 20.8 Å². The van der Waals surface area contributed by atoms with Crippen LogP contribution in [0.25, 0.3) is 11.0 Å². The predicted octanol–water partition coefficient (Wildman–Crippen LogP) is 4.13. The molecule has 2 rings (SSSR count). The Hall–Kier alpha value is -1.53. The third-order valence-electron chi connectivity index (χ3n) is 3.36. The lowest BCUT2D eigenvalue weighted by molar-refractivity contribution is 0.350. The van der Waals surface area contributed by atoms with E-state index in [2.05, 4.69) is 36.4 Å². The Morgan fingerprint density at radius 1 is 1.35 bits per heavy atom. The number of halogens is 1. The molecule has 0 aliphatic carbocycles. The van der Waals surface area contributed by atoms with Crippen LogP contribution in [0.2, 0.25) is 0 Å². The van der Waals surface area contributed by atoms with Gasteiger partial charge in [-0.05, 0) is 30.0 Å². The number of alkyl halides is 1. The Kier molecular flexibility index (Phi) is 4.35. The van der Waals surface area contributed by atoms with Gasteiger partial charge in [0.2, 0.25) is 0 Å². The first kappa shape index (κ1) is 14.9. The van der Waals surface area contributed by atoms with E-state index in [0.717, 1.165) is 36.2 Å². The second kappa shape index (κ2) is 5.85. The molecule has 1 heterocycles. The van der Waals surface area contributed by atoms with Gasteiger partial charge in [0, 0.05) is 18.8 Å². The molecule has 0 unspecified atom stereocenters. The van der Waals surface area contributed by atoms with Crippen molar-refractivity contribution in [3.63, 3.8) is 0 Å². The van der Waals surface area contributed by atoms with Gasteiger partial charge in [-0.15, -0.1) is 11.6 Å². The maximum absolute atomic E-state index is 9.06. The molecule has 0 amide bonds. The molecule has 106 valence electrons. The molecule has 0 N–H and O–H groups in total. The number of benzene rings is 1. The summed E-state index contributed by atoms with van der Waals surface area (Å²) in [6, 6.07) is 7.84. The summed E-state index contributed by atoms with van der Waals surface area (Å²) < 4.78 is 2.21. The quantitative estimate of drug-likeness (QED) is 0.794. The summed E-state index contributed by atoms with van der Waals surface area (Å²) in [5.41, 5.74) is 2.92. The first-order valence-corrected chi connectivity index (χ1v) is 7.43. The van der Waals surface area contributed by atoms with Crippen LogP contribution < -0.4 is 0 Å². The maximum atomic E-state index is 9.06. The predicted molar refractivity (Wildman–Crippen MR) is 82.9 cm³/mol. The summed E-state index contributed by atoms with van der Waals surface area (Å²) in [6.45, 7) is 7.59. The number of aryl methyl sites for hydroxylation is 2. The normalized spacial score (nSPS) is 11.8. The molecule has 0 aliphatic rings. The van der Waals surface area contributed by atoms with Gasteiger partial charge >= 0.3 is 0 Å². The van der Waals surface area contributed by atoms with Gasteiger partial charge in [0.15, 0.2) is 0 Å². The summed E-state index contributed by atoms with van der Waals surface area (Å²) in [5, 5.41) is 9.06. The van der Waals surface area contributed by atoms with Gasteiger partial charge in [-0.3, -0.25) is 0 Å². The monoisotopic (exact) mass is 289 g/mol. The molecule has 20 heavy (non-hydrogen) atoms. The number of nitrogens with zero attached hydrogens (tertiary/aromatic N) is 3. The Balaban J connectivity index is 2.46. The fraction of sp³-hybridized carbons (Fsp3) is 0.500. The van der Waals surface area contributed by atoms with Crippen LogP contribution in [0.3, 0.4) is 0 Å². The van der Waals surface area contributed by atoms with Gasteiger partial charge in [0.25, 0.3) is 0 Å². The van der Waals surface area contributed by atoms with E-state index in [0.29, 0.717) is 11.4 Å². The maximum Gasteiger partial charge on any atom is 0.111 e. The fourth-order valence-electron chi connectivity index (χ4n) is 2.21. The van der Waals surface area contributed by atoms with Crippen LogP contribution in [-0.2, 0) is 13.0 Å². The van der Waals surface area contributed by atoms with Crippen molar-refractivity contribution in [2.24, 2.45) is 5.41 Å². The molecule has 0 spiro atoms. The van der Waals surface area contributed by atoms with Gasteiger partial charge in [0.05, 0.1) is 22.7 Å². The number of hydrogen-bond donors (Lipinski definition) is 0. The average molecular weight is 290 g/mol. The van der Waals surface area contributed by atoms with Gasteiger partial charge < -0.3 is 4.57 Å². The Morgan fingerprint density at radius 2 is 2.10 bits per heavy atom. The number of imidazole rings is 1. The number of nitriles is 1. The highest BCUT2D eigenvalue weighted by molar-refractivity contribution is 6.17. The van der Waals surface area contributed by atoms with Crippen molar-refractivity contribution >= 4 is 22.6 Å². The van der Waals surface area contributed by atoms with Crippen LogP contribution in [0.15, 0.2) is 18.2 Å². The minimum Gasteiger partial charge on any atom is -0.328 e. The molecule has 1 aromatic carbocycles. The number of hydrogen-bond acceptors (Lipinski definition) is 2. The van der Waals surface area contributed by atoms with E-state index < -0.39 is 0 Å². The van der Waals surface area contributed by atoms with Crippen LogP contribution in [-0.4, -0.2) is 15.4 Å². The lowest BCUT2D eigenvalue weighted by Gasteiger charge is -2.19. The van der Waals surface area contributed by atoms with E-state index in [1.54, 1.807) is 0 Å². The number of rotatable bonds is 4. The number of aromatic nitrogens is 2. The highest BCUT2D eigenvalue weighted by Crippen LogP contribution is 2.24. The first-order valence-electron chi connectivity index (χ1n) is 6.90. The lowest BCUT2D eigenvalue weighted by atomic mass is 9.92. The molecule has 0 saturated heterocycles. The summed E-state index contributed by atoms with van der Waals surface area (Å²) >= 11 is 5.88. The van der Waals surface area contributed by atoms with Crippen molar-refractivity contribution in [3.05, 3.63) is 29.6 Å². The Morgan fingerprint density at radius 3 is 2.70 bits per heavy atom. The zero-order valence-corrected chi connectivity index (χ0v) is 13.0. The van der Waals surface area contributed by atoms with Gasteiger partial charge in [-0.2, -0.15) is 5.26 Å². The van der Waals surface area contributed by atoms with Crippen molar-refractivity contribution in [1.29, 1.82) is 5.26 Å². The molecule has 4 heteroatoms. The molecule has 0 bridgehead atoms. The van der Waals surface area contributed by atoms with E-state index in [1.165, 1.54) is 0 Å². The van der Waals surface area contributed by atoms with E-state index in [1.807, 2.05) is 18.2 Å². The van der Waals surface area contributed by atoms with Crippen LogP contribution in [0.1, 0.15) is 38.6 Å². The Bertz CT molecular complexity index is 644. The second-order valence-corrected chi connectivity index (χ2v) is 6.62. The summed E-state index contributed by atoms with van der Waals surface area (Å²) in [7, 11) is 0. The standard InChI is InChI=1S/C16H20ClN3/c1-16(2,3)7-9-20-14-10-12(11-18)4-5-13(14)19-15(20)6-8-17/h4-5,10H,6-9H2,1-3H3. The van der Waals surface area contributed by atoms with E-state index >= 15 is 0 Å². The van der Waals surface area contributed by atoms with Crippen molar-refractivity contribution < 1.29 is 0 Å². The molecule has 1 aromatic heterocycles. The Labute approximate surface area is 125 Å².